The van der Waals surface area contributed by atoms with Crippen molar-refractivity contribution < 1.29 is 4.79 Å². The van der Waals surface area contributed by atoms with Gasteiger partial charge < -0.3 is 15.1 Å². The van der Waals surface area contributed by atoms with Gasteiger partial charge in [-0.25, -0.2) is 0 Å². The molecule has 2 fully saturated rings. The summed E-state index contributed by atoms with van der Waals surface area (Å²) in [6.07, 6.45) is 0.893. The van der Waals surface area contributed by atoms with Crippen molar-refractivity contribution >= 4 is 5.91 Å². The average Bonchev–Trinajstić information content (AvgIpc) is 2.39. The van der Waals surface area contributed by atoms with Crippen LogP contribution < -0.4 is 5.32 Å². The molecule has 5 heteroatoms. The molecule has 0 aliphatic carbocycles. The fourth-order valence-corrected chi connectivity index (χ4v) is 2.67. The molecule has 1 unspecified atom stereocenters. The van der Waals surface area contributed by atoms with Gasteiger partial charge in [-0.1, -0.05) is 6.92 Å². The number of amides is 1. The van der Waals surface area contributed by atoms with E-state index in [1.165, 1.54) is 0 Å². The number of carbonyl (C=O) groups excluding carboxylic acids is 1. The van der Waals surface area contributed by atoms with Crippen LogP contribution in [0.3, 0.4) is 0 Å². The van der Waals surface area contributed by atoms with Gasteiger partial charge in [0, 0.05) is 52.4 Å². The number of hydrogen-bond donors (Lipinski definition) is 1. The Morgan fingerprint density at radius 1 is 1.17 bits per heavy atom. The summed E-state index contributed by atoms with van der Waals surface area (Å²) in [5.74, 6) is 0.290. The number of carbonyl (C=O) groups is 1. The Morgan fingerprint density at radius 3 is 2.56 bits per heavy atom. The van der Waals surface area contributed by atoms with Crippen LogP contribution in [0.5, 0.6) is 0 Å². The Kier molecular flexibility index (Phi) is 4.97. The zero-order chi connectivity index (χ0) is 13.0. The summed E-state index contributed by atoms with van der Waals surface area (Å²) in [6.45, 7) is 10.3. The summed E-state index contributed by atoms with van der Waals surface area (Å²) >= 11 is 0. The van der Waals surface area contributed by atoms with Crippen molar-refractivity contribution in [3.63, 3.8) is 0 Å². The number of rotatable bonds is 4. The fourth-order valence-electron chi connectivity index (χ4n) is 2.67. The first-order valence-corrected chi connectivity index (χ1v) is 7.13. The highest BCUT2D eigenvalue weighted by Crippen LogP contribution is 2.06. The molecule has 0 spiro atoms. The van der Waals surface area contributed by atoms with Crippen LogP contribution >= 0.6 is 0 Å². The number of nitrogens with zero attached hydrogens (tertiary/aromatic N) is 3. The van der Waals surface area contributed by atoms with E-state index in [2.05, 4.69) is 29.1 Å². The molecule has 2 saturated heterocycles. The molecule has 0 bridgehead atoms. The molecule has 5 nitrogen and oxygen atoms in total. The minimum absolute atomic E-state index is 0.0474. The van der Waals surface area contributed by atoms with Crippen LogP contribution in [0.4, 0.5) is 0 Å². The first-order valence-electron chi connectivity index (χ1n) is 7.13. The van der Waals surface area contributed by atoms with Crippen LogP contribution in [-0.4, -0.2) is 86.1 Å². The molecule has 0 aromatic rings. The first-order chi connectivity index (χ1) is 8.70. The number of nitrogens with one attached hydrogen (secondary N) is 1. The molecular formula is C13H26N4O. The summed E-state index contributed by atoms with van der Waals surface area (Å²) in [4.78, 5) is 19.0. The molecule has 18 heavy (non-hydrogen) atoms. The van der Waals surface area contributed by atoms with Crippen molar-refractivity contribution in [1.29, 1.82) is 0 Å². The highest BCUT2D eigenvalue weighted by atomic mass is 16.2. The van der Waals surface area contributed by atoms with Gasteiger partial charge in [0.15, 0.2) is 0 Å². The maximum Gasteiger partial charge on any atom is 0.239 e. The molecule has 0 saturated carbocycles. The third-order valence-electron chi connectivity index (χ3n) is 4.07. The summed E-state index contributed by atoms with van der Waals surface area (Å²) in [6, 6.07) is 0.0474. The summed E-state index contributed by atoms with van der Waals surface area (Å²) in [7, 11) is 2.17. The van der Waals surface area contributed by atoms with Crippen LogP contribution in [0.15, 0.2) is 0 Å². The maximum absolute atomic E-state index is 12.1. The summed E-state index contributed by atoms with van der Waals surface area (Å²) in [5.41, 5.74) is 0. The molecule has 2 aliphatic heterocycles. The van der Waals surface area contributed by atoms with Gasteiger partial charge >= 0.3 is 0 Å². The van der Waals surface area contributed by atoms with Crippen LogP contribution in [0.1, 0.15) is 13.3 Å². The Labute approximate surface area is 110 Å². The van der Waals surface area contributed by atoms with Crippen molar-refractivity contribution in [3.8, 4) is 0 Å². The second-order valence-electron chi connectivity index (χ2n) is 5.39. The highest BCUT2D eigenvalue weighted by Gasteiger charge is 2.27. The standard InChI is InChI=1S/C13H26N4O/c1-3-12-13(18)17(5-4-14-12)11-10-16-8-6-15(2)7-9-16/h12,14H,3-11H2,1-2H3. The lowest BCUT2D eigenvalue weighted by Crippen LogP contribution is -2.56. The molecule has 1 atom stereocenters. The van der Waals surface area contributed by atoms with Gasteiger partial charge in [-0.2, -0.15) is 0 Å². The third-order valence-corrected chi connectivity index (χ3v) is 4.07. The van der Waals surface area contributed by atoms with Gasteiger partial charge in [-0.05, 0) is 13.5 Å². The van der Waals surface area contributed by atoms with E-state index in [1.807, 2.05) is 4.90 Å². The van der Waals surface area contributed by atoms with Crippen LogP contribution in [0, 0.1) is 0 Å². The number of hydrogen-bond acceptors (Lipinski definition) is 4. The van der Waals surface area contributed by atoms with Gasteiger partial charge in [0.05, 0.1) is 6.04 Å². The van der Waals surface area contributed by atoms with E-state index in [-0.39, 0.29) is 11.9 Å². The number of likely N-dealkylation sites (N-methyl/N-ethyl adjacent to an activating group) is 1. The largest absolute Gasteiger partial charge is 0.339 e. The van der Waals surface area contributed by atoms with E-state index in [0.29, 0.717) is 0 Å². The Balaban J connectivity index is 1.74. The van der Waals surface area contributed by atoms with E-state index >= 15 is 0 Å². The van der Waals surface area contributed by atoms with Crippen molar-refractivity contribution in [1.82, 2.24) is 20.0 Å². The predicted molar refractivity (Wildman–Crippen MR) is 72.6 cm³/mol. The summed E-state index contributed by atoms with van der Waals surface area (Å²) < 4.78 is 0. The molecule has 2 rings (SSSR count). The van der Waals surface area contributed by atoms with Crippen molar-refractivity contribution in [2.75, 3.05) is 59.4 Å². The molecular weight excluding hydrogens is 228 g/mol. The van der Waals surface area contributed by atoms with Crippen LogP contribution in [0.2, 0.25) is 0 Å². The molecule has 0 aromatic heterocycles. The zero-order valence-corrected chi connectivity index (χ0v) is 11.7. The molecule has 0 aromatic carbocycles. The molecule has 104 valence electrons. The lowest BCUT2D eigenvalue weighted by molar-refractivity contribution is -0.136. The topological polar surface area (TPSA) is 38.8 Å². The molecule has 2 aliphatic rings. The van der Waals surface area contributed by atoms with E-state index < -0.39 is 0 Å². The Bertz CT molecular complexity index is 276. The third kappa shape index (κ3) is 3.43. The Hall–Kier alpha value is -0.650. The highest BCUT2D eigenvalue weighted by molar-refractivity contribution is 5.82. The second kappa shape index (κ2) is 6.50. The first kappa shape index (κ1) is 13.8. The van der Waals surface area contributed by atoms with E-state index in [4.69, 9.17) is 0 Å². The van der Waals surface area contributed by atoms with E-state index in [0.717, 1.165) is 58.8 Å². The number of piperazine rings is 2. The molecule has 1 N–H and O–H groups in total. The van der Waals surface area contributed by atoms with Crippen LogP contribution in [-0.2, 0) is 4.79 Å². The van der Waals surface area contributed by atoms with E-state index in [9.17, 15) is 4.79 Å². The quantitative estimate of drug-likeness (QED) is 0.730. The smallest absolute Gasteiger partial charge is 0.239 e. The average molecular weight is 254 g/mol. The normalized spacial score (nSPS) is 27.8. The van der Waals surface area contributed by atoms with Crippen molar-refractivity contribution in [3.05, 3.63) is 0 Å². The maximum atomic E-state index is 12.1. The lowest BCUT2D eigenvalue weighted by atomic mass is 10.1. The predicted octanol–water partition coefficient (Wildman–Crippen LogP) is -0.556. The van der Waals surface area contributed by atoms with Gasteiger partial charge in [0.1, 0.15) is 0 Å². The Morgan fingerprint density at radius 2 is 1.89 bits per heavy atom. The van der Waals surface area contributed by atoms with E-state index in [1.54, 1.807) is 0 Å². The minimum atomic E-state index is 0.0474. The van der Waals surface area contributed by atoms with Gasteiger partial charge in [0.25, 0.3) is 0 Å². The monoisotopic (exact) mass is 254 g/mol. The molecule has 1 amide bonds. The van der Waals surface area contributed by atoms with Gasteiger partial charge in [-0.3, -0.25) is 9.69 Å². The SMILES string of the molecule is CCC1NCCN(CCN2CCN(C)CC2)C1=O. The summed E-state index contributed by atoms with van der Waals surface area (Å²) in [5, 5.41) is 3.28. The molecule has 2 heterocycles. The fraction of sp³-hybridized carbons (Fsp3) is 0.923. The second-order valence-corrected chi connectivity index (χ2v) is 5.39. The van der Waals surface area contributed by atoms with Crippen molar-refractivity contribution in [2.24, 2.45) is 0 Å². The minimum Gasteiger partial charge on any atom is -0.339 e. The van der Waals surface area contributed by atoms with Crippen LogP contribution in [0.25, 0.3) is 0 Å². The lowest BCUT2D eigenvalue weighted by Gasteiger charge is -2.36. The zero-order valence-electron chi connectivity index (χ0n) is 11.7. The van der Waals surface area contributed by atoms with Gasteiger partial charge in [-0.15, -0.1) is 0 Å². The molecule has 0 radical (unpaired) electrons. The van der Waals surface area contributed by atoms with Crippen molar-refractivity contribution in [2.45, 2.75) is 19.4 Å². The van der Waals surface area contributed by atoms with Gasteiger partial charge in [0.2, 0.25) is 5.91 Å².